The number of anilines is 1. The van der Waals surface area contributed by atoms with Crippen molar-refractivity contribution in [2.24, 2.45) is 7.05 Å². The molecule has 1 aliphatic rings. The van der Waals surface area contributed by atoms with E-state index in [1.165, 1.54) is 10.5 Å². The summed E-state index contributed by atoms with van der Waals surface area (Å²) < 4.78 is 28.8. The van der Waals surface area contributed by atoms with Crippen LogP contribution >= 0.6 is 11.6 Å². The topological polar surface area (TPSA) is 55.2 Å². The summed E-state index contributed by atoms with van der Waals surface area (Å²) in [6.07, 6.45) is 1.52. The minimum Gasteiger partial charge on any atom is -0.321 e. The van der Waals surface area contributed by atoms with E-state index in [1.807, 2.05) is 24.3 Å². The summed E-state index contributed by atoms with van der Waals surface area (Å²) in [5.74, 6) is 0.596. The molecular weight excluding hydrogens is 322 g/mol. The maximum atomic E-state index is 12.8. The monoisotopic (exact) mass is 333 g/mol. The van der Waals surface area contributed by atoms with Crippen LogP contribution in [0.15, 0.2) is 47.5 Å². The maximum absolute atomic E-state index is 12.8. The van der Waals surface area contributed by atoms with Gasteiger partial charge in [0.25, 0.3) is 10.0 Å². The third kappa shape index (κ3) is 1.71. The molecule has 1 aromatic heterocycles. The number of hydrogen-bond donors (Lipinski definition) is 0. The largest absolute Gasteiger partial charge is 0.321 e. The van der Waals surface area contributed by atoms with E-state index >= 15 is 0 Å². The van der Waals surface area contributed by atoms with Gasteiger partial charge in [-0.3, -0.25) is 4.31 Å². The van der Waals surface area contributed by atoms with Crippen LogP contribution in [0.3, 0.4) is 0 Å². The van der Waals surface area contributed by atoms with Crippen molar-refractivity contribution in [1.82, 2.24) is 9.55 Å². The molecule has 0 bridgehead atoms. The Morgan fingerprint density at radius 1 is 1.18 bits per heavy atom. The van der Waals surface area contributed by atoms with Crippen molar-refractivity contribution in [2.45, 2.75) is 11.4 Å². The first-order valence-electron chi connectivity index (χ1n) is 6.71. The van der Waals surface area contributed by atoms with Crippen LogP contribution in [0.5, 0.6) is 0 Å². The Bertz CT molecular complexity index is 1010. The number of benzene rings is 2. The van der Waals surface area contributed by atoms with E-state index < -0.39 is 10.0 Å². The fraction of sp³-hybridized carbons (Fsp3) is 0.133. The third-order valence-corrected chi connectivity index (χ3v) is 6.15. The van der Waals surface area contributed by atoms with Crippen molar-refractivity contribution in [3.05, 3.63) is 53.6 Å². The average Bonchev–Trinajstić information content (AvgIpc) is 2.93. The van der Waals surface area contributed by atoms with Crippen LogP contribution in [0.1, 0.15) is 5.82 Å². The molecule has 0 radical (unpaired) electrons. The predicted octanol–water partition coefficient (Wildman–Crippen LogP) is 2.94. The Kier molecular flexibility index (Phi) is 2.76. The lowest BCUT2D eigenvalue weighted by molar-refractivity contribution is 0.591. The van der Waals surface area contributed by atoms with Gasteiger partial charge in [0.05, 0.1) is 23.3 Å². The quantitative estimate of drug-likeness (QED) is 0.724. The molecule has 0 unspecified atom stereocenters. The maximum Gasteiger partial charge on any atom is 0.265 e. The molecule has 0 saturated heterocycles. The van der Waals surface area contributed by atoms with E-state index in [-0.39, 0.29) is 6.54 Å². The summed E-state index contributed by atoms with van der Waals surface area (Å²) in [5, 5.41) is 2.16. The lowest BCUT2D eigenvalue weighted by atomic mass is 10.1. The molecular formula is C15H12ClN3O2S. The van der Waals surface area contributed by atoms with Crippen molar-refractivity contribution in [3.8, 4) is 0 Å². The second-order valence-corrected chi connectivity index (χ2v) is 7.42. The SMILES string of the molecule is Cn1c(Cl)cnc1CN1c2cccc3cccc(c23)S1(=O)=O. The van der Waals surface area contributed by atoms with E-state index in [2.05, 4.69) is 4.98 Å². The summed E-state index contributed by atoms with van der Waals surface area (Å²) in [7, 11) is -1.80. The van der Waals surface area contributed by atoms with Gasteiger partial charge in [-0.25, -0.2) is 13.4 Å². The molecule has 1 aliphatic heterocycles. The molecule has 0 fully saturated rings. The van der Waals surface area contributed by atoms with Crippen molar-refractivity contribution < 1.29 is 8.42 Å². The molecule has 22 heavy (non-hydrogen) atoms. The van der Waals surface area contributed by atoms with E-state index in [0.717, 1.165) is 10.8 Å². The van der Waals surface area contributed by atoms with Crippen molar-refractivity contribution in [2.75, 3.05) is 4.31 Å². The third-order valence-electron chi connectivity index (χ3n) is 3.99. The Hall–Kier alpha value is -2.05. The first kappa shape index (κ1) is 13.6. The minimum absolute atomic E-state index is 0.152. The molecule has 0 atom stereocenters. The molecule has 3 aromatic rings. The van der Waals surface area contributed by atoms with Gasteiger partial charge in [-0.2, -0.15) is 0 Å². The number of hydrogen-bond acceptors (Lipinski definition) is 3. The average molecular weight is 334 g/mol. The van der Waals surface area contributed by atoms with Crippen molar-refractivity contribution in [3.63, 3.8) is 0 Å². The first-order valence-corrected chi connectivity index (χ1v) is 8.52. The zero-order valence-electron chi connectivity index (χ0n) is 11.7. The molecule has 112 valence electrons. The highest BCUT2D eigenvalue weighted by Crippen LogP contribution is 2.42. The lowest BCUT2D eigenvalue weighted by Gasteiger charge is -2.18. The minimum atomic E-state index is -3.57. The predicted molar refractivity (Wildman–Crippen MR) is 85.5 cm³/mol. The van der Waals surface area contributed by atoms with Gasteiger partial charge < -0.3 is 4.57 Å². The van der Waals surface area contributed by atoms with Crippen LogP contribution in [0, 0.1) is 0 Å². The summed E-state index contributed by atoms with van der Waals surface area (Å²) in [5.41, 5.74) is 0.687. The number of sulfonamides is 1. The van der Waals surface area contributed by atoms with Gasteiger partial charge in [0.15, 0.2) is 0 Å². The molecule has 0 N–H and O–H groups in total. The molecule has 0 aliphatic carbocycles. The Labute approximate surface area is 132 Å². The zero-order valence-corrected chi connectivity index (χ0v) is 13.3. The number of aromatic nitrogens is 2. The molecule has 2 heterocycles. The number of rotatable bonds is 2. The number of imidazole rings is 1. The second-order valence-electron chi connectivity index (χ2n) is 5.20. The molecule has 0 amide bonds. The van der Waals surface area contributed by atoms with Crippen LogP contribution in [0.4, 0.5) is 5.69 Å². The van der Waals surface area contributed by atoms with Crippen LogP contribution in [0.2, 0.25) is 5.15 Å². The lowest BCUT2D eigenvalue weighted by Crippen LogP contribution is -2.27. The van der Waals surface area contributed by atoms with Crippen LogP contribution in [0.25, 0.3) is 10.8 Å². The smallest absolute Gasteiger partial charge is 0.265 e. The zero-order chi connectivity index (χ0) is 15.5. The van der Waals surface area contributed by atoms with Gasteiger partial charge >= 0.3 is 0 Å². The summed E-state index contributed by atoms with van der Waals surface area (Å²) >= 11 is 5.99. The van der Waals surface area contributed by atoms with Gasteiger partial charge in [-0.05, 0) is 17.5 Å². The molecule has 7 heteroatoms. The normalized spacial score (nSPS) is 15.6. The van der Waals surface area contributed by atoms with E-state index in [4.69, 9.17) is 11.6 Å². The summed E-state index contributed by atoms with van der Waals surface area (Å²) in [6, 6.07) is 10.9. The fourth-order valence-electron chi connectivity index (χ4n) is 2.83. The highest BCUT2D eigenvalue weighted by atomic mass is 35.5. The van der Waals surface area contributed by atoms with Crippen LogP contribution in [-0.4, -0.2) is 18.0 Å². The first-order chi connectivity index (χ1) is 10.5. The van der Waals surface area contributed by atoms with Gasteiger partial charge in [0.2, 0.25) is 0 Å². The Balaban J connectivity index is 1.92. The van der Waals surface area contributed by atoms with Gasteiger partial charge in [0.1, 0.15) is 11.0 Å². The molecule has 2 aromatic carbocycles. The van der Waals surface area contributed by atoms with E-state index in [0.29, 0.717) is 21.6 Å². The van der Waals surface area contributed by atoms with Crippen LogP contribution in [-0.2, 0) is 23.6 Å². The van der Waals surface area contributed by atoms with E-state index in [9.17, 15) is 8.42 Å². The van der Waals surface area contributed by atoms with Gasteiger partial charge in [-0.15, -0.1) is 0 Å². The van der Waals surface area contributed by atoms with Crippen LogP contribution < -0.4 is 4.31 Å². The van der Waals surface area contributed by atoms with Gasteiger partial charge in [0, 0.05) is 12.4 Å². The molecule has 5 nitrogen and oxygen atoms in total. The van der Waals surface area contributed by atoms with Crippen molar-refractivity contribution in [1.29, 1.82) is 0 Å². The molecule has 0 spiro atoms. The van der Waals surface area contributed by atoms with E-state index in [1.54, 1.807) is 23.7 Å². The standard InChI is InChI=1S/C15H12ClN3O2S/c1-18-13(16)8-17-14(18)9-19-11-6-2-4-10-5-3-7-12(15(10)11)22(19,20)21/h2-8H,9H2,1H3. The Morgan fingerprint density at radius 2 is 1.91 bits per heavy atom. The highest BCUT2D eigenvalue weighted by molar-refractivity contribution is 7.93. The molecule has 0 saturated carbocycles. The summed E-state index contributed by atoms with van der Waals surface area (Å²) in [6.45, 7) is 0.152. The Morgan fingerprint density at radius 3 is 2.59 bits per heavy atom. The number of nitrogens with zero attached hydrogens (tertiary/aromatic N) is 3. The number of halogens is 1. The van der Waals surface area contributed by atoms with Gasteiger partial charge in [-0.1, -0.05) is 35.9 Å². The fourth-order valence-corrected chi connectivity index (χ4v) is 4.64. The molecule has 4 rings (SSSR count). The van der Waals surface area contributed by atoms with Crippen molar-refractivity contribution >= 4 is 38.1 Å². The highest BCUT2D eigenvalue weighted by Gasteiger charge is 2.36. The summed E-state index contributed by atoms with van der Waals surface area (Å²) in [4.78, 5) is 4.54. The second kappa shape index (κ2) is 4.47.